The number of aliphatic hydroxyl groups excluding tert-OH is 2. The fourth-order valence-electron chi connectivity index (χ4n) is 5.66. The molecule has 38 heavy (non-hydrogen) atoms. The second-order valence-electron chi connectivity index (χ2n) is 10.5. The summed E-state index contributed by atoms with van der Waals surface area (Å²) >= 11 is 0. The number of fused-ring (bicyclic) bond motifs is 1. The van der Waals surface area contributed by atoms with Crippen molar-refractivity contribution in [2.24, 2.45) is 0 Å². The van der Waals surface area contributed by atoms with Gasteiger partial charge < -0.3 is 29.6 Å². The Bertz CT molecular complexity index is 1430. The van der Waals surface area contributed by atoms with Gasteiger partial charge in [0.05, 0.1) is 24.2 Å². The molecule has 0 unspecified atom stereocenters. The minimum absolute atomic E-state index is 0.638. The highest BCUT2D eigenvalue weighted by Crippen LogP contribution is 2.53. The molecular formula is C29H31N5O4. The number of nitrogens with one attached hydrogen (secondary N) is 1. The smallest absolute Gasteiger partial charge is 0.164 e. The van der Waals surface area contributed by atoms with Gasteiger partial charge in [0.2, 0.25) is 0 Å². The molecule has 1 spiro atoms. The Morgan fingerprint density at radius 3 is 2.45 bits per heavy atom. The predicted octanol–water partition coefficient (Wildman–Crippen LogP) is 3.46. The first kappa shape index (κ1) is 23.8. The zero-order valence-corrected chi connectivity index (χ0v) is 21.0. The second kappa shape index (κ2) is 9.44. The number of morpholine rings is 1. The Hall–Kier alpha value is -3.34. The first-order chi connectivity index (χ1) is 18.6. The molecule has 0 amide bonds. The molecule has 2 aliphatic heterocycles. The number of benzene rings is 2. The SMILES string of the molecule is O[C@H]1[C@H](n2cc(-c3ccccc3)c3c(Nc4ccc(CN5CCOCC5)cc4)ncnc32)OC2(CC2)[C@H]1O. The molecule has 4 heterocycles. The molecule has 0 radical (unpaired) electrons. The van der Waals surface area contributed by atoms with E-state index in [1.165, 1.54) is 11.9 Å². The van der Waals surface area contributed by atoms with Gasteiger partial charge in [-0.3, -0.25) is 4.90 Å². The van der Waals surface area contributed by atoms with Crippen LogP contribution in [-0.4, -0.2) is 73.8 Å². The molecule has 7 rings (SSSR count). The van der Waals surface area contributed by atoms with Crippen LogP contribution in [0, 0.1) is 0 Å². The van der Waals surface area contributed by atoms with Gasteiger partial charge in [0.25, 0.3) is 0 Å². The molecule has 1 aliphatic carbocycles. The highest BCUT2D eigenvalue weighted by molar-refractivity contribution is 6.02. The van der Waals surface area contributed by atoms with E-state index in [0.717, 1.165) is 67.9 Å². The molecule has 1 saturated carbocycles. The molecule has 196 valence electrons. The summed E-state index contributed by atoms with van der Waals surface area (Å²) in [6, 6.07) is 18.5. The van der Waals surface area contributed by atoms with Crippen LogP contribution in [0.4, 0.5) is 11.5 Å². The van der Waals surface area contributed by atoms with Gasteiger partial charge in [-0.1, -0.05) is 42.5 Å². The molecule has 3 N–H and O–H groups in total. The van der Waals surface area contributed by atoms with Gasteiger partial charge in [0.1, 0.15) is 30.0 Å². The lowest BCUT2D eigenvalue weighted by Gasteiger charge is -2.26. The topological polar surface area (TPSA) is 105 Å². The average Bonchev–Trinajstić information content (AvgIpc) is 3.58. The van der Waals surface area contributed by atoms with Crippen LogP contribution < -0.4 is 5.32 Å². The number of hydrogen-bond donors (Lipinski definition) is 3. The lowest BCUT2D eigenvalue weighted by molar-refractivity contribution is -0.0456. The second-order valence-corrected chi connectivity index (χ2v) is 10.5. The van der Waals surface area contributed by atoms with Gasteiger partial charge in [-0.15, -0.1) is 0 Å². The summed E-state index contributed by atoms with van der Waals surface area (Å²) in [4.78, 5) is 11.6. The van der Waals surface area contributed by atoms with Crippen LogP contribution in [-0.2, 0) is 16.0 Å². The zero-order chi connectivity index (χ0) is 25.7. The summed E-state index contributed by atoms with van der Waals surface area (Å²) in [5.41, 5.74) is 4.09. The monoisotopic (exact) mass is 513 g/mol. The Kier molecular flexibility index (Phi) is 5.90. The predicted molar refractivity (Wildman–Crippen MR) is 143 cm³/mol. The first-order valence-electron chi connectivity index (χ1n) is 13.2. The lowest BCUT2D eigenvalue weighted by atomic mass is 10.1. The molecule has 2 aromatic carbocycles. The Labute approximate surface area is 220 Å². The van der Waals surface area contributed by atoms with E-state index in [2.05, 4.69) is 44.5 Å². The molecule has 3 fully saturated rings. The summed E-state index contributed by atoms with van der Waals surface area (Å²) in [5.74, 6) is 0.669. The normalized spacial score (nSPS) is 24.7. The third-order valence-electron chi connectivity index (χ3n) is 7.95. The maximum Gasteiger partial charge on any atom is 0.164 e. The van der Waals surface area contributed by atoms with Crippen molar-refractivity contribution in [1.82, 2.24) is 19.4 Å². The number of ether oxygens (including phenoxy) is 2. The van der Waals surface area contributed by atoms with Crippen molar-refractivity contribution in [3.05, 3.63) is 72.7 Å². The zero-order valence-electron chi connectivity index (χ0n) is 21.0. The number of rotatable bonds is 6. The van der Waals surface area contributed by atoms with Gasteiger partial charge in [-0.2, -0.15) is 0 Å². The number of nitrogens with zero attached hydrogens (tertiary/aromatic N) is 4. The van der Waals surface area contributed by atoms with Crippen molar-refractivity contribution in [2.45, 2.75) is 43.4 Å². The number of aromatic nitrogens is 3. The molecule has 0 bridgehead atoms. The van der Waals surface area contributed by atoms with E-state index in [1.54, 1.807) is 0 Å². The average molecular weight is 514 g/mol. The standard InChI is InChI=1S/C29H31N5O4/c35-24-25(36)29(10-11-29)38-28(24)34-17-22(20-4-2-1-3-5-20)23-26(30-18-31-27(23)34)32-21-8-6-19(7-9-21)16-33-12-14-37-15-13-33/h1-9,17-18,24-25,28,35-36H,10-16H2,(H,30,31,32)/t24-,25+,28-/m1/s1. The van der Waals surface area contributed by atoms with Crippen LogP contribution >= 0.6 is 0 Å². The van der Waals surface area contributed by atoms with Crippen LogP contribution in [0.15, 0.2) is 67.1 Å². The Balaban J connectivity index is 1.24. The Morgan fingerprint density at radius 2 is 1.74 bits per heavy atom. The maximum atomic E-state index is 10.9. The molecular weight excluding hydrogens is 482 g/mol. The summed E-state index contributed by atoms with van der Waals surface area (Å²) in [6.07, 6.45) is 2.28. The highest BCUT2D eigenvalue weighted by atomic mass is 16.6. The molecule has 2 aromatic heterocycles. The maximum absolute atomic E-state index is 10.9. The molecule has 4 aromatic rings. The van der Waals surface area contributed by atoms with Crippen molar-refractivity contribution in [3.63, 3.8) is 0 Å². The van der Waals surface area contributed by atoms with Crippen LogP contribution in [0.3, 0.4) is 0 Å². The van der Waals surface area contributed by atoms with E-state index in [4.69, 9.17) is 9.47 Å². The molecule has 2 saturated heterocycles. The van der Waals surface area contributed by atoms with Gasteiger partial charge >= 0.3 is 0 Å². The van der Waals surface area contributed by atoms with Gasteiger partial charge in [-0.25, -0.2) is 9.97 Å². The molecule has 3 atom stereocenters. The van der Waals surface area contributed by atoms with Gasteiger partial charge in [-0.05, 0) is 36.1 Å². The summed E-state index contributed by atoms with van der Waals surface area (Å²) < 4.78 is 13.5. The lowest BCUT2D eigenvalue weighted by Crippen LogP contribution is -2.35. The largest absolute Gasteiger partial charge is 0.387 e. The highest BCUT2D eigenvalue weighted by Gasteiger charge is 2.62. The van der Waals surface area contributed by atoms with Crippen molar-refractivity contribution in [3.8, 4) is 11.1 Å². The van der Waals surface area contributed by atoms with E-state index in [9.17, 15) is 10.2 Å². The quantitative estimate of drug-likeness (QED) is 0.360. The fourth-order valence-corrected chi connectivity index (χ4v) is 5.66. The number of anilines is 2. The summed E-state index contributed by atoms with van der Waals surface area (Å²) in [7, 11) is 0. The minimum Gasteiger partial charge on any atom is -0.387 e. The summed E-state index contributed by atoms with van der Waals surface area (Å²) in [6.45, 7) is 4.39. The third-order valence-corrected chi connectivity index (χ3v) is 7.95. The van der Waals surface area contributed by atoms with Crippen LogP contribution in [0.1, 0.15) is 24.6 Å². The van der Waals surface area contributed by atoms with Gasteiger partial charge in [0, 0.05) is 37.1 Å². The van der Waals surface area contributed by atoms with Gasteiger partial charge in [0.15, 0.2) is 6.23 Å². The van der Waals surface area contributed by atoms with E-state index in [1.807, 2.05) is 41.1 Å². The van der Waals surface area contributed by atoms with Crippen LogP contribution in [0.5, 0.6) is 0 Å². The van der Waals surface area contributed by atoms with E-state index in [0.29, 0.717) is 11.5 Å². The molecule has 3 aliphatic rings. The molecule has 9 nitrogen and oxygen atoms in total. The van der Waals surface area contributed by atoms with Crippen molar-refractivity contribution in [2.75, 3.05) is 31.6 Å². The van der Waals surface area contributed by atoms with E-state index >= 15 is 0 Å². The minimum atomic E-state index is -1.04. The Morgan fingerprint density at radius 1 is 0.974 bits per heavy atom. The first-order valence-corrected chi connectivity index (χ1v) is 13.2. The number of hydrogen-bond acceptors (Lipinski definition) is 8. The molecule has 9 heteroatoms. The van der Waals surface area contributed by atoms with E-state index in [-0.39, 0.29) is 0 Å². The van der Waals surface area contributed by atoms with Crippen molar-refractivity contribution >= 4 is 22.5 Å². The number of aliphatic hydroxyl groups is 2. The van der Waals surface area contributed by atoms with Crippen LogP contribution in [0.25, 0.3) is 22.2 Å². The van der Waals surface area contributed by atoms with Crippen molar-refractivity contribution in [1.29, 1.82) is 0 Å². The third kappa shape index (κ3) is 4.16. The van der Waals surface area contributed by atoms with Crippen molar-refractivity contribution < 1.29 is 19.7 Å². The fraction of sp³-hybridized carbons (Fsp3) is 0.379. The van der Waals surface area contributed by atoms with Crippen LogP contribution in [0.2, 0.25) is 0 Å². The summed E-state index contributed by atoms with van der Waals surface area (Å²) in [5, 5.41) is 25.9. The van der Waals surface area contributed by atoms with E-state index < -0.39 is 24.0 Å².